The molecule has 0 aliphatic carbocycles. The molecule has 0 fully saturated rings. The van der Waals surface area contributed by atoms with Gasteiger partial charge in [0.1, 0.15) is 23.4 Å². The Labute approximate surface area is 242 Å². The summed E-state index contributed by atoms with van der Waals surface area (Å²) in [6.07, 6.45) is 0.216. The smallest absolute Gasteiger partial charge is 0.257 e. The minimum atomic E-state index is -4.34. The van der Waals surface area contributed by atoms with Crippen LogP contribution < -0.4 is 25.2 Å². The Kier molecular flexibility index (Phi) is 9.50. The third-order valence-electron chi connectivity index (χ3n) is 6.28. The summed E-state index contributed by atoms with van der Waals surface area (Å²) >= 11 is 0. The Balaban J connectivity index is 1.51. The van der Waals surface area contributed by atoms with Gasteiger partial charge in [-0.25, -0.2) is 17.2 Å². The van der Waals surface area contributed by atoms with Crippen molar-refractivity contribution in [2.45, 2.75) is 17.4 Å². The Morgan fingerprint density at radius 1 is 0.881 bits per heavy atom. The van der Waals surface area contributed by atoms with Crippen molar-refractivity contribution in [3.8, 4) is 5.75 Å². The minimum Gasteiger partial charge on any atom is -0.497 e. The molecule has 0 aliphatic heterocycles. The minimum absolute atomic E-state index is 0.133. The van der Waals surface area contributed by atoms with Crippen molar-refractivity contribution in [2.24, 2.45) is 0 Å². The maximum absolute atomic E-state index is 13.6. The van der Waals surface area contributed by atoms with Gasteiger partial charge in [-0.05, 0) is 60.2 Å². The van der Waals surface area contributed by atoms with Crippen LogP contribution in [0.4, 0.5) is 20.2 Å². The number of rotatable bonds is 11. The summed E-state index contributed by atoms with van der Waals surface area (Å²) in [5.74, 6) is -2.40. The van der Waals surface area contributed by atoms with Crippen LogP contribution in [0.5, 0.6) is 5.75 Å². The van der Waals surface area contributed by atoms with Crippen molar-refractivity contribution in [2.75, 3.05) is 24.5 Å². The zero-order chi connectivity index (χ0) is 30.3. The van der Waals surface area contributed by atoms with Gasteiger partial charge in [-0.2, -0.15) is 0 Å². The molecule has 0 bridgehead atoms. The van der Waals surface area contributed by atoms with E-state index in [0.717, 1.165) is 5.56 Å². The van der Waals surface area contributed by atoms with Gasteiger partial charge in [0.2, 0.25) is 5.91 Å². The fourth-order valence-electron chi connectivity index (χ4n) is 4.07. The summed E-state index contributed by atoms with van der Waals surface area (Å²) in [5.41, 5.74) is 4.17. The zero-order valence-electron chi connectivity index (χ0n) is 22.7. The topological polar surface area (TPSA) is 117 Å². The molecule has 2 amide bonds. The maximum Gasteiger partial charge on any atom is 0.257 e. The lowest BCUT2D eigenvalue weighted by atomic mass is 10.0. The van der Waals surface area contributed by atoms with E-state index in [4.69, 9.17) is 4.74 Å². The highest BCUT2D eigenvalue weighted by molar-refractivity contribution is 7.89. The average molecular weight is 595 g/mol. The molecule has 218 valence electrons. The number of amides is 2. The lowest BCUT2D eigenvalue weighted by molar-refractivity contribution is -0.120. The summed E-state index contributed by atoms with van der Waals surface area (Å²) in [6.45, 7) is 0. The fourth-order valence-corrected chi connectivity index (χ4v) is 4.97. The van der Waals surface area contributed by atoms with E-state index in [1.165, 1.54) is 29.2 Å². The Morgan fingerprint density at radius 2 is 1.55 bits per heavy atom. The highest BCUT2D eigenvalue weighted by Crippen LogP contribution is 2.20. The average Bonchev–Trinajstić information content (AvgIpc) is 2.99. The number of sulfonamides is 1. The van der Waals surface area contributed by atoms with Crippen molar-refractivity contribution in [3.63, 3.8) is 0 Å². The Hall–Kier alpha value is -4.81. The van der Waals surface area contributed by atoms with E-state index in [9.17, 15) is 26.8 Å². The number of benzene rings is 4. The molecule has 1 atom stereocenters. The van der Waals surface area contributed by atoms with Gasteiger partial charge in [0.15, 0.2) is 0 Å². The Morgan fingerprint density at radius 3 is 2.19 bits per heavy atom. The predicted octanol–water partition coefficient (Wildman–Crippen LogP) is 4.28. The third kappa shape index (κ3) is 7.68. The molecular formula is C30H28F2N4O5S. The van der Waals surface area contributed by atoms with Crippen molar-refractivity contribution < 1.29 is 31.5 Å². The van der Waals surface area contributed by atoms with Gasteiger partial charge in [-0.3, -0.25) is 9.59 Å². The van der Waals surface area contributed by atoms with Crippen LogP contribution in [-0.2, 0) is 21.2 Å². The van der Waals surface area contributed by atoms with E-state index in [-0.39, 0.29) is 23.6 Å². The van der Waals surface area contributed by atoms with Gasteiger partial charge in [0.05, 0.1) is 17.7 Å². The molecule has 0 unspecified atom stereocenters. The second-order valence-electron chi connectivity index (χ2n) is 9.23. The van der Waals surface area contributed by atoms with Crippen LogP contribution in [0.1, 0.15) is 15.9 Å². The van der Waals surface area contributed by atoms with Gasteiger partial charge in [-0.15, -0.1) is 4.83 Å². The number of carbonyl (C=O) groups is 2. The second-order valence-corrected chi connectivity index (χ2v) is 10.9. The van der Waals surface area contributed by atoms with Gasteiger partial charge in [0, 0.05) is 30.8 Å². The number of ether oxygens (including phenoxy) is 1. The molecule has 0 saturated carbocycles. The van der Waals surface area contributed by atoms with E-state index >= 15 is 0 Å². The molecule has 12 heteroatoms. The molecule has 0 heterocycles. The molecular weight excluding hydrogens is 566 g/mol. The van der Waals surface area contributed by atoms with Crippen LogP contribution >= 0.6 is 0 Å². The predicted molar refractivity (Wildman–Crippen MR) is 155 cm³/mol. The van der Waals surface area contributed by atoms with E-state index in [0.29, 0.717) is 29.6 Å². The Bertz CT molecular complexity index is 1650. The number of hydrazine groups is 1. The number of carbonyl (C=O) groups excluding carboxylic acids is 2. The molecule has 4 rings (SSSR count). The summed E-state index contributed by atoms with van der Waals surface area (Å²) in [6, 6.07) is 22.9. The number of hydrogen-bond donors (Lipinski definition) is 3. The van der Waals surface area contributed by atoms with Crippen LogP contribution in [0.2, 0.25) is 0 Å². The van der Waals surface area contributed by atoms with Crippen LogP contribution in [0, 0.1) is 11.6 Å². The number of nitrogens with one attached hydrogen (secondary N) is 3. The third-order valence-corrected chi connectivity index (χ3v) is 7.50. The van der Waals surface area contributed by atoms with E-state index in [2.05, 4.69) is 10.7 Å². The normalized spacial score (nSPS) is 11.8. The lowest BCUT2D eigenvalue weighted by Gasteiger charge is -2.25. The lowest BCUT2D eigenvalue weighted by Crippen LogP contribution is -2.48. The highest BCUT2D eigenvalue weighted by Gasteiger charge is 2.26. The summed E-state index contributed by atoms with van der Waals surface area (Å²) in [5, 5.41) is 2.79. The number of likely N-dealkylation sites (N-methyl/N-ethyl adjacent to an activating group) is 1. The number of hydrogen-bond acceptors (Lipinski definition) is 6. The first kappa shape index (κ1) is 30.2. The number of methoxy groups -OCH3 is 1. The van der Waals surface area contributed by atoms with E-state index in [1.807, 2.05) is 35.2 Å². The number of anilines is 2. The first-order chi connectivity index (χ1) is 20.1. The fraction of sp³-hybridized carbons (Fsp3) is 0.133. The quantitative estimate of drug-likeness (QED) is 0.223. The van der Waals surface area contributed by atoms with Gasteiger partial charge in [0.25, 0.3) is 15.9 Å². The maximum atomic E-state index is 13.6. The van der Waals surface area contributed by atoms with Crippen LogP contribution in [0.3, 0.4) is 0 Å². The van der Waals surface area contributed by atoms with Crippen molar-refractivity contribution in [3.05, 3.63) is 120 Å². The van der Waals surface area contributed by atoms with Crippen LogP contribution in [0.25, 0.3) is 0 Å². The molecule has 42 heavy (non-hydrogen) atoms. The molecule has 4 aromatic rings. The monoisotopic (exact) mass is 594 g/mol. The SMILES string of the molecule is COc1ccc(N(C)C(=O)[C@H](Cc2ccccc2)NC(=O)c2cccc(NNS(=O)(=O)c3cc(F)cc(F)c3)c2)cc1. The largest absolute Gasteiger partial charge is 0.497 e. The second kappa shape index (κ2) is 13.2. The van der Waals surface area contributed by atoms with Crippen molar-refractivity contribution >= 4 is 33.2 Å². The first-order valence-electron chi connectivity index (χ1n) is 12.7. The van der Waals surface area contributed by atoms with Crippen molar-refractivity contribution in [1.82, 2.24) is 10.1 Å². The summed E-state index contributed by atoms with van der Waals surface area (Å²) < 4.78 is 57.2. The van der Waals surface area contributed by atoms with E-state index < -0.39 is 38.5 Å². The van der Waals surface area contributed by atoms with Gasteiger partial charge < -0.3 is 20.4 Å². The molecule has 0 radical (unpaired) electrons. The van der Waals surface area contributed by atoms with Crippen LogP contribution in [-0.4, -0.2) is 40.4 Å². The van der Waals surface area contributed by atoms with Gasteiger partial charge in [-0.1, -0.05) is 36.4 Å². The van der Waals surface area contributed by atoms with Crippen LogP contribution in [0.15, 0.2) is 102 Å². The van der Waals surface area contributed by atoms with Gasteiger partial charge >= 0.3 is 0 Å². The summed E-state index contributed by atoms with van der Waals surface area (Å²) in [4.78, 5) is 29.7. The first-order valence-corrected chi connectivity index (χ1v) is 14.1. The van der Waals surface area contributed by atoms with E-state index in [1.54, 1.807) is 38.4 Å². The molecule has 3 N–H and O–H groups in total. The molecule has 0 spiro atoms. The zero-order valence-corrected chi connectivity index (χ0v) is 23.5. The highest BCUT2D eigenvalue weighted by atomic mass is 32.2. The molecule has 0 aromatic heterocycles. The standard InChI is InChI=1S/C30H28F2N4O5S/c1-36(25-11-13-26(41-2)14-12-25)30(38)28(15-20-7-4-3-5-8-20)33-29(37)21-9-6-10-24(16-21)34-35-42(39,40)27-18-22(31)17-23(32)19-27/h3-14,16-19,28,34-35H,15H2,1-2H3,(H,33,37)/t28-/m0/s1. The molecule has 0 aliphatic rings. The number of halogens is 2. The molecule has 9 nitrogen and oxygen atoms in total. The molecule has 0 saturated heterocycles. The molecule has 4 aromatic carbocycles. The van der Waals surface area contributed by atoms with Crippen molar-refractivity contribution in [1.29, 1.82) is 0 Å². The number of nitrogens with zero attached hydrogens (tertiary/aromatic N) is 1. The summed E-state index contributed by atoms with van der Waals surface area (Å²) in [7, 11) is -1.19.